The lowest BCUT2D eigenvalue weighted by molar-refractivity contribution is -0.384. The lowest BCUT2D eigenvalue weighted by atomic mass is 9.85. The van der Waals surface area contributed by atoms with E-state index in [0.29, 0.717) is 12.1 Å². The van der Waals surface area contributed by atoms with Crippen LogP contribution in [0.4, 0.5) is 5.69 Å². The van der Waals surface area contributed by atoms with Gasteiger partial charge in [-0.1, -0.05) is 25.0 Å². The molecule has 8 heteroatoms. The molecule has 0 aliphatic heterocycles. The lowest BCUT2D eigenvalue weighted by Crippen LogP contribution is -2.45. The van der Waals surface area contributed by atoms with Crippen LogP contribution in [0.3, 0.4) is 0 Å². The van der Waals surface area contributed by atoms with E-state index in [1.165, 1.54) is 24.3 Å². The molecule has 1 aliphatic carbocycles. The normalized spacial score (nSPS) is 22.4. The van der Waals surface area contributed by atoms with Crippen LogP contribution in [0.25, 0.3) is 0 Å². The van der Waals surface area contributed by atoms with E-state index in [9.17, 15) is 18.5 Å². The number of nitrogens with one attached hydrogen (secondary N) is 1. The number of nitrogens with two attached hydrogens (primary N) is 1. The number of sulfonamides is 1. The minimum Gasteiger partial charge on any atom is -0.330 e. The van der Waals surface area contributed by atoms with Gasteiger partial charge in [0, 0.05) is 18.2 Å². The highest BCUT2D eigenvalue weighted by molar-refractivity contribution is 7.88. The minimum atomic E-state index is -3.49. The average Bonchev–Trinajstić information content (AvgIpc) is 2.47. The number of nitrogens with zero attached hydrogens (tertiary/aromatic N) is 1. The molecule has 0 aromatic heterocycles. The van der Waals surface area contributed by atoms with Gasteiger partial charge < -0.3 is 5.73 Å². The zero-order valence-electron chi connectivity index (χ0n) is 12.3. The van der Waals surface area contributed by atoms with Gasteiger partial charge in [-0.25, -0.2) is 13.1 Å². The van der Waals surface area contributed by atoms with Crippen molar-refractivity contribution in [3.63, 3.8) is 0 Å². The van der Waals surface area contributed by atoms with Crippen molar-refractivity contribution in [1.82, 2.24) is 4.72 Å². The van der Waals surface area contributed by atoms with Crippen LogP contribution in [0.1, 0.15) is 31.2 Å². The standard InChI is InChI=1S/C14H21N3O4S/c15-9-12-3-1-2-4-14(12)16-22(20,21)10-11-5-7-13(8-6-11)17(18)19/h5-8,12,14,16H,1-4,9-10,15H2. The molecule has 0 heterocycles. The first kappa shape index (κ1) is 16.9. The summed E-state index contributed by atoms with van der Waals surface area (Å²) in [5.74, 6) is -0.000847. The van der Waals surface area contributed by atoms with Crippen molar-refractivity contribution in [1.29, 1.82) is 0 Å². The van der Waals surface area contributed by atoms with Gasteiger partial charge in [0.05, 0.1) is 10.7 Å². The van der Waals surface area contributed by atoms with E-state index >= 15 is 0 Å². The van der Waals surface area contributed by atoms with E-state index in [-0.39, 0.29) is 23.4 Å². The molecule has 0 bridgehead atoms. The zero-order valence-corrected chi connectivity index (χ0v) is 13.1. The van der Waals surface area contributed by atoms with Crippen molar-refractivity contribution < 1.29 is 13.3 Å². The van der Waals surface area contributed by atoms with Crippen molar-refractivity contribution in [2.24, 2.45) is 11.7 Å². The smallest absolute Gasteiger partial charge is 0.269 e. The first-order valence-corrected chi connectivity index (χ1v) is 9.00. The Bertz CT molecular complexity index is 615. The van der Waals surface area contributed by atoms with Gasteiger partial charge >= 0.3 is 0 Å². The Morgan fingerprint density at radius 1 is 1.23 bits per heavy atom. The number of hydrogen-bond acceptors (Lipinski definition) is 5. The van der Waals surface area contributed by atoms with Crippen LogP contribution in [-0.4, -0.2) is 25.9 Å². The van der Waals surface area contributed by atoms with Crippen LogP contribution < -0.4 is 10.5 Å². The molecule has 1 saturated carbocycles. The third-order valence-corrected chi connectivity index (χ3v) is 5.42. The van der Waals surface area contributed by atoms with Crippen molar-refractivity contribution in [3.05, 3.63) is 39.9 Å². The van der Waals surface area contributed by atoms with Gasteiger partial charge in [-0.05, 0) is 30.9 Å². The van der Waals surface area contributed by atoms with Crippen molar-refractivity contribution in [3.8, 4) is 0 Å². The molecule has 1 aromatic rings. The molecule has 2 rings (SSSR count). The maximum Gasteiger partial charge on any atom is 0.269 e. The molecule has 2 unspecified atom stereocenters. The van der Waals surface area contributed by atoms with Gasteiger partial charge in [-0.15, -0.1) is 0 Å². The van der Waals surface area contributed by atoms with E-state index in [1.807, 2.05) is 0 Å². The van der Waals surface area contributed by atoms with Crippen LogP contribution in [0.5, 0.6) is 0 Å². The molecule has 0 saturated heterocycles. The summed E-state index contributed by atoms with van der Waals surface area (Å²) < 4.78 is 27.3. The Morgan fingerprint density at radius 3 is 2.45 bits per heavy atom. The molecule has 122 valence electrons. The molecule has 7 nitrogen and oxygen atoms in total. The molecule has 0 spiro atoms. The average molecular weight is 327 g/mol. The lowest BCUT2D eigenvalue weighted by Gasteiger charge is -2.31. The molecule has 2 atom stereocenters. The second kappa shape index (κ2) is 7.17. The largest absolute Gasteiger partial charge is 0.330 e. The Morgan fingerprint density at radius 2 is 1.86 bits per heavy atom. The maximum atomic E-state index is 12.3. The summed E-state index contributed by atoms with van der Waals surface area (Å²) in [6, 6.07) is 5.46. The molecule has 1 aliphatic rings. The van der Waals surface area contributed by atoms with Crippen molar-refractivity contribution in [2.75, 3.05) is 6.54 Å². The number of rotatable bonds is 6. The third kappa shape index (κ3) is 4.49. The first-order chi connectivity index (χ1) is 10.4. The van der Waals surface area contributed by atoms with Crippen LogP contribution in [0.2, 0.25) is 0 Å². The summed E-state index contributed by atoms with van der Waals surface area (Å²) in [4.78, 5) is 10.1. The zero-order chi connectivity index (χ0) is 16.2. The van der Waals surface area contributed by atoms with E-state index in [0.717, 1.165) is 25.7 Å². The van der Waals surface area contributed by atoms with Gasteiger partial charge in [0.25, 0.3) is 5.69 Å². The third-order valence-electron chi connectivity index (χ3n) is 4.05. The molecular formula is C14H21N3O4S. The van der Waals surface area contributed by atoms with E-state index in [2.05, 4.69) is 4.72 Å². The predicted octanol–water partition coefficient (Wildman–Crippen LogP) is 1.53. The highest BCUT2D eigenvalue weighted by Crippen LogP contribution is 2.24. The van der Waals surface area contributed by atoms with Crippen molar-refractivity contribution >= 4 is 15.7 Å². The summed E-state index contributed by atoms with van der Waals surface area (Å²) in [6.45, 7) is 0.477. The number of benzene rings is 1. The van der Waals surface area contributed by atoms with Crippen LogP contribution in [0.15, 0.2) is 24.3 Å². The SMILES string of the molecule is NCC1CCCCC1NS(=O)(=O)Cc1ccc([N+](=O)[O-])cc1. The van der Waals surface area contributed by atoms with Gasteiger partial charge in [0.2, 0.25) is 10.0 Å². The van der Waals surface area contributed by atoms with Crippen LogP contribution in [-0.2, 0) is 15.8 Å². The number of non-ortho nitro benzene ring substituents is 1. The summed E-state index contributed by atoms with van der Waals surface area (Å²) in [6.07, 6.45) is 3.84. The highest BCUT2D eigenvalue weighted by atomic mass is 32.2. The number of hydrogen-bond donors (Lipinski definition) is 2. The first-order valence-electron chi connectivity index (χ1n) is 7.34. The fourth-order valence-electron chi connectivity index (χ4n) is 2.85. The Balaban J connectivity index is 2.02. The van der Waals surface area contributed by atoms with E-state index < -0.39 is 14.9 Å². The Kier molecular flexibility index (Phi) is 5.49. The molecule has 3 N–H and O–H groups in total. The molecule has 22 heavy (non-hydrogen) atoms. The van der Waals surface area contributed by atoms with E-state index in [4.69, 9.17) is 5.73 Å². The monoisotopic (exact) mass is 327 g/mol. The molecule has 0 radical (unpaired) electrons. The summed E-state index contributed by atoms with van der Waals surface area (Å²) in [5.41, 5.74) is 6.19. The Labute approximate surface area is 130 Å². The topological polar surface area (TPSA) is 115 Å². The van der Waals surface area contributed by atoms with Crippen LogP contribution >= 0.6 is 0 Å². The van der Waals surface area contributed by atoms with Gasteiger partial charge in [-0.3, -0.25) is 10.1 Å². The molecule has 1 fully saturated rings. The highest BCUT2D eigenvalue weighted by Gasteiger charge is 2.27. The summed E-state index contributed by atoms with van der Waals surface area (Å²) in [5, 5.41) is 10.6. The minimum absolute atomic E-state index is 0.0513. The van der Waals surface area contributed by atoms with E-state index in [1.54, 1.807) is 0 Å². The molecule has 0 amide bonds. The summed E-state index contributed by atoms with van der Waals surface area (Å²) >= 11 is 0. The maximum absolute atomic E-state index is 12.3. The summed E-state index contributed by atoms with van der Waals surface area (Å²) in [7, 11) is -3.49. The second-order valence-electron chi connectivity index (χ2n) is 5.69. The van der Waals surface area contributed by atoms with Gasteiger partial charge in [-0.2, -0.15) is 0 Å². The fraction of sp³-hybridized carbons (Fsp3) is 0.571. The van der Waals surface area contributed by atoms with Crippen molar-refractivity contribution in [2.45, 2.75) is 37.5 Å². The second-order valence-corrected chi connectivity index (χ2v) is 7.44. The van der Waals surface area contributed by atoms with Gasteiger partial charge in [0.15, 0.2) is 0 Å². The Hall–Kier alpha value is -1.51. The number of nitro groups is 1. The molecular weight excluding hydrogens is 306 g/mol. The quantitative estimate of drug-likeness (QED) is 0.607. The number of nitro benzene ring substituents is 1. The predicted molar refractivity (Wildman–Crippen MR) is 83.7 cm³/mol. The van der Waals surface area contributed by atoms with Gasteiger partial charge in [0.1, 0.15) is 0 Å². The fourth-order valence-corrected chi connectivity index (χ4v) is 4.34. The molecule has 1 aromatic carbocycles. The van der Waals surface area contributed by atoms with Crippen LogP contribution in [0, 0.1) is 16.0 Å².